The van der Waals surface area contributed by atoms with Gasteiger partial charge in [-0.05, 0) is 48.0 Å². The molecule has 182 valence electrons. The number of H-pyrrole nitrogens is 1. The largest absolute Gasteiger partial charge is 0.416 e. The molecule has 0 saturated heterocycles. The molecule has 5 rings (SSSR count). The number of aromatic amines is 1. The molecule has 0 bridgehead atoms. The summed E-state index contributed by atoms with van der Waals surface area (Å²) in [5.41, 5.74) is 2.82. The summed E-state index contributed by atoms with van der Waals surface area (Å²) >= 11 is 5.76. The van der Waals surface area contributed by atoms with Gasteiger partial charge in [-0.3, -0.25) is 0 Å². The Kier molecular flexibility index (Phi) is 6.11. The van der Waals surface area contributed by atoms with Crippen LogP contribution >= 0.6 is 11.6 Å². The van der Waals surface area contributed by atoms with E-state index >= 15 is 0 Å². The summed E-state index contributed by atoms with van der Waals surface area (Å²) in [7, 11) is 0. The fourth-order valence-electron chi connectivity index (χ4n) is 3.69. The van der Waals surface area contributed by atoms with E-state index in [1.165, 1.54) is 6.07 Å². The quantitative estimate of drug-likeness (QED) is 0.243. The fourth-order valence-corrected chi connectivity index (χ4v) is 3.92. The predicted octanol–water partition coefficient (Wildman–Crippen LogP) is 6.79. The highest BCUT2D eigenvalue weighted by molar-refractivity contribution is 6.31. The number of carbonyl (C=O) groups excluding carboxylic acids is 1. The van der Waals surface area contributed by atoms with Gasteiger partial charge in [0.15, 0.2) is 5.65 Å². The molecule has 11 heteroatoms. The predicted molar refractivity (Wildman–Crippen MR) is 132 cm³/mol. The molecule has 0 radical (unpaired) electrons. The summed E-state index contributed by atoms with van der Waals surface area (Å²) in [5, 5.41) is 9.21. The van der Waals surface area contributed by atoms with Gasteiger partial charge < -0.3 is 15.6 Å². The van der Waals surface area contributed by atoms with Crippen LogP contribution in [0.15, 0.2) is 79.0 Å². The number of alkyl halides is 3. The second kappa shape index (κ2) is 9.38. The van der Waals surface area contributed by atoms with E-state index in [9.17, 15) is 18.0 Å². The summed E-state index contributed by atoms with van der Waals surface area (Å²) in [4.78, 5) is 20.2. The van der Waals surface area contributed by atoms with Crippen molar-refractivity contribution in [1.29, 1.82) is 0 Å². The van der Waals surface area contributed by atoms with Crippen molar-refractivity contribution in [1.82, 2.24) is 19.7 Å². The van der Waals surface area contributed by atoms with Gasteiger partial charge in [0.25, 0.3) is 0 Å². The Bertz CT molecular complexity index is 1530. The third-order valence-corrected chi connectivity index (χ3v) is 5.57. The maximum atomic E-state index is 13.0. The summed E-state index contributed by atoms with van der Waals surface area (Å²) in [6.07, 6.45) is -2.86. The molecule has 2 aromatic heterocycles. The van der Waals surface area contributed by atoms with Crippen LogP contribution < -0.4 is 10.6 Å². The van der Waals surface area contributed by atoms with Gasteiger partial charge in [0.1, 0.15) is 11.3 Å². The zero-order chi connectivity index (χ0) is 25.3. The van der Waals surface area contributed by atoms with Crippen molar-refractivity contribution in [2.45, 2.75) is 12.7 Å². The van der Waals surface area contributed by atoms with Crippen molar-refractivity contribution < 1.29 is 18.0 Å². The van der Waals surface area contributed by atoms with Gasteiger partial charge >= 0.3 is 12.2 Å². The molecule has 3 N–H and O–H groups in total. The normalized spacial score (nSPS) is 11.6. The molecular weight excluding hydrogens is 493 g/mol. The summed E-state index contributed by atoms with van der Waals surface area (Å²) in [6, 6.07) is 18.9. The number of urea groups is 1. The van der Waals surface area contributed by atoms with Crippen LogP contribution in [-0.2, 0) is 12.7 Å². The topological polar surface area (TPSA) is 87.6 Å². The highest BCUT2D eigenvalue weighted by atomic mass is 35.5. The Morgan fingerprint density at radius 3 is 2.42 bits per heavy atom. The number of anilines is 2. The Hall–Kier alpha value is -4.31. The van der Waals surface area contributed by atoms with Crippen molar-refractivity contribution in [3.8, 4) is 11.4 Å². The lowest BCUT2D eigenvalue weighted by atomic mass is 10.2. The molecule has 0 aliphatic rings. The van der Waals surface area contributed by atoms with Gasteiger partial charge in [-0.2, -0.15) is 18.3 Å². The first-order chi connectivity index (χ1) is 17.2. The lowest BCUT2D eigenvalue weighted by Gasteiger charge is -2.12. The first-order valence-electron chi connectivity index (χ1n) is 10.8. The lowest BCUT2D eigenvalue weighted by Crippen LogP contribution is -2.19. The third-order valence-electron chi connectivity index (χ3n) is 5.36. The van der Waals surface area contributed by atoms with Crippen molar-refractivity contribution in [3.05, 3.63) is 95.1 Å². The van der Waals surface area contributed by atoms with E-state index in [0.717, 1.165) is 34.4 Å². The number of fused-ring (bicyclic) bond motifs is 1. The maximum absolute atomic E-state index is 13.0. The molecule has 5 aromatic rings. The molecule has 2 amide bonds. The van der Waals surface area contributed by atoms with Crippen molar-refractivity contribution in [3.63, 3.8) is 0 Å². The molecule has 0 saturated carbocycles. The minimum atomic E-state index is -4.58. The standard InChI is InChI=1S/C25H18ClF3N6O/c26-18-10-17(25(27,28)29)11-20(12-18)32-24(36)31-19-8-6-16(7-9-19)22-33-21-13-30-35(23(21)34-22)14-15-4-2-1-3-5-15/h1-13H,14H2,(H,33,34)(H2,31,32,36). The minimum absolute atomic E-state index is 0.0734. The first-order valence-corrected chi connectivity index (χ1v) is 11.1. The number of nitrogens with zero attached hydrogens (tertiary/aromatic N) is 3. The number of hydrogen-bond acceptors (Lipinski definition) is 3. The van der Waals surface area contributed by atoms with E-state index in [1.54, 1.807) is 30.5 Å². The summed E-state index contributed by atoms with van der Waals surface area (Å²) in [6.45, 7) is 0.587. The first kappa shape index (κ1) is 23.4. The second-order valence-corrected chi connectivity index (χ2v) is 8.43. The number of halogens is 4. The maximum Gasteiger partial charge on any atom is 0.416 e. The van der Waals surface area contributed by atoms with Crippen molar-refractivity contribution in [2.75, 3.05) is 10.6 Å². The number of hydrogen-bond donors (Lipinski definition) is 3. The molecule has 7 nitrogen and oxygen atoms in total. The number of amides is 2. The average molecular weight is 511 g/mol. The summed E-state index contributed by atoms with van der Waals surface area (Å²) < 4.78 is 40.7. The second-order valence-electron chi connectivity index (χ2n) is 7.99. The Balaban J connectivity index is 1.27. The van der Waals surface area contributed by atoms with E-state index in [0.29, 0.717) is 18.1 Å². The number of carbonyl (C=O) groups is 1. The van der Waals surface area contributed by atoms with Crippen LogP contribution in [0.4, 0.5) is 29.3 Å². The van der Waals surface area contributed by atoms with Gasteiger partial charge in [0, 0.05) is 22.0 Å². The van der Waals surface area contributed by atoms with E-state index in [-0.39, 0.29) is 10.7 Å². The number of rotatable bonds is 5. The van der Waals surface area contributed by atoms with Crippen LogP contribution in [0.3, 0.4) is 0 Å². The molecular formula is C25H18ClF3N6O. The van der Waals surface area contributed by atoms with Crippen molar-refractivity contribution >= 4 is 40.2 Å². The van der Waals surface area contributed by atoms with E-state index in [4.69, 9.17) is 11.6 Å². The third kappa shape index (κ3) is 5.18. The van der Waals surface area contributed by atoms with Gasteiger partial charge in [0.2, 0.25) is 0 Å². The van der Waals surface area contributed by atoms with Crippen LogP contribution in [0.2, 0.25) is 5.02 Å². The van der Waals surface area contributed by atoms with Crippen LogP contribution in [0, 0.1) is 0 Å². The smallest absolute Gasteiger partial charge is 0.335 e. The molecule has 0 atom stereocenters. The fraction of sp³-hybridized carbons (Fsp3) is 0.0800. The van der Waals surface area contributed by atoms with E-state index < -0.39 is 17.8 Å². The Morgan fingerprint density at radius 1 is 0.972 bits per heavy atom. The van der Waals surface area contributed by atoms with Crippen LogP contribution in [-0.4, -0.2) is 25.8 Å². The highest BCUT2D eigenvalue weighted by Crippen LogP contribution is 2.33. The molecule has 0 spiro atoms. The lowest BCUT2D eigenvalue weighted by molar-refractivity contribution is -0.137. The number of imidazole rings is 1. The zero-order valence-electron chi connectivity index (χ0n) is 18.5. The monoisotopic (exact) mass is 510 g/mol. The van der Waals surface area contributed by atoms with Crippen LogP contribution in [0.1, 0.15) is 11.1 Å². The van der Waals surface area contributed by atoms with Crippen LogP contribution in [0.5, 0.6) is 0 Å². The molecule has 0 aliphatic carbocycles. The molecule has 0 fully saturated rings. The Morgan fingerprint density at radius 2 is 1.69 bits per heavy atom. The number of benzene rings is 3. The molecule has 2 heterocycles. The molecule has 0 aliphatic heterocycles. The zero-order valence-corrected chi connectivity index (χ0v) is 19.2. The number of nitrogens with one attached hydrogen (secondary N) is 3. The van der Waals surface area contributed by atoms with Crippen molar-refractivity contribution in [2.24, 2.45) is 0 Å². The SMILES string of the molecule is O=C(Nc1ccc(-c2nc3c(cnn3Cc3ccccc3)[nH]2)cc1)Nc1cc(Cl)cc(C(F)(F)F)c1. The van der Waals surface area contributed by atoms with Crippen LogP contribution in [0.25, 0.3) is 22.6 Å². The molecule has 3 aromatic carbocycles. The van der Waals surface area contributed by atoms with E-state index in [2.05, 4.69) is 25.7 Å². The average Bonchev–Trinajstić information content (AvgIpc) is 3.41. The highest BCUT2D eigenvalue weighted by Gasteiger charge is 2.31. The number of aromatic nitrogens is 4. The van der Waals surface area contributed by atoms with Gasteiger partial charge in [-0.15, -0.1) is 0 Å². The molecule has 0 unspecified atom stereocenters. The summed E-state index contributed by atoms with van der Waals surface area (Å²) in [5.74, 6) is 0.638. The van der Waals surface area contributed by atoms with E-state index in [1.807, 2.05) is 35.0 Å². The van der Waals surface area contributed by atoms with Gasteiger partial charge in [0.05, 0.1) is 18.3 Å². The van der Waals surface area contributed by atoms with Gasteiger partial charge in [-0.1, -0.05) is 41.9 Å². The molecule has 36 heavy (non-hydrogen) atoms. The Labute approximate surface area is 207 Å². The minimum Gasteiger partial charge on any atom is -0.335 e. The van der Waals surface area contributed by atoms with Gasteiger partial charge in [-0.25, -0.2) is 14.5 Å².